The van der Waals surface area contributed by atoms with Crippen LogP contribution >= 0.6 is 151 Å². The first kappa shape index (κ1) is 101. The fourth-order valence-electron chi connectivity index (χ4n) is 9.95. The van der Waals surface area contributed by atoms with Gasteiger partial charge in [-0.05, 0) is 226 Å². The summed E-state index contributed by atoms with van der Waals surface area (Å²) in [4.78, 5) is 53.2. The molecule has 7 heterocycles. The van der Waals surface area contributed by atoms with Gasteiger partial charge >= 0.3 is 33.1 Å². The number of carbonyl (C=O) groups is 3. The van der Waals surface area contributed by atoms with Gasteiger partial charge < -0.3 is 55.8 Å². The molecular weight excluding hydrogens is 2270 g/mol. The molecule has 3 aromatic carbocycles. The van der Waals surface area contributed by atoms with E-state index in [4.69, 9.17) is 33.2 Å². The standard InChI is InChI=1S/C21H23BFN2O6S.C21H23FN2O4S.C15H22BFO4S.C12H13BrN2O2.CHI3.CH2I2.CH2I.V/c1-21(2,3)30-20(26)25-17-5-7-24-19(16(17)12-18(25)31-22-27)14-9-13(10-15(23)11-14)6-8-32(4,28)29;1-21(2,3)28-20(25)24-9-6-17-18(24)5-8-23-19(17)15-11-14(12-16(22)13-15)7-10-29(4,26)27;1-14(2)15(3,4)21-16(20-14)12-8-11(9-13(17)10-12)6-7-22(5,18)19;1-12(2,3)17-11(16)15-7-5-8-9(15)4-6-14-10(8)13;2-1(3)4;2-1-3;1-2;/h5,7,9-12,27H,6,8H2,1-4H3;5-6,8-9,11-13H,7,10H2,1-4H3;8-10H,6-7H2,1-5H3;4-7H,1-3H3;1H;1H2;1H2;/q;;;;;;-1;. The van der Waals surface area contributed by atoms with E-state index in [-0.39, 0.29) is 67.0 Å². The molecule has 0 aliphatic carbocycles. The SMILES string of the molecule is CC(C)(C)OC(=O)n1c(O[B]O)cc2c(-c3cc(F)cc(CCS(C)(=O)=O)c3)nccc21.CC(C)(C)OC(=O)n1ccc2c(-c3cc(F)cc(CCS(C)(=O)=O)c3)nccc21.CC(C)(C)OC(=O)n1ccc2c(Br)nccc21.CC1(C)OB(c2cc(F)cc(CCS(C)(=O)=O)c2)OC1(C)C.IC(I)I.ICI.[CH2-]I.[V]. The summed E-state index contributed by atoms with van der Waals surface area (Å²) in [5, 5.41) is 11.1. The number of alkyl halides is 5. The van der Waals surface area contributed by atoms with Gasteiger partial charge in [-0.3, -0.25) is 24.0 Å². The minimum absolute atomic E-state index is 0. The number of rotatable bonds is 14. The zero-order valence-electron chi connectivity index (χ0n) is 63.1. The number of hydrogen-bond acceptors (Lipinski definition) is 19. The minimum Gasteiger partial charge on any atom is -0.524 e. The van der Waals surface area contributed by atoms with Crippen LogP contribution < -0.4 is 10.1 Å². The topological polar surface area (TPSA) is 283 Å². The molecule has 9 aromatic rings. The van der Waals surface area contributed by atoms with Gasteiger partial charge in [-0.2, -0.15) is 0 Å². The minimum atomic E-state index is -3.22. The van der Waals surface area contributed by atoms with Gasteiger partial charge in [0.25, 0.3) is 0 Å². The van der Waals surface area contributed by atoms with Crippen LogP contribution in [0.4, 0.5) is 27.6 Å². The quantitative estimate of drug-likeness (QED) is 0.0264. The number of carbonyl (C=O) groups excluding carboxylic acids is 3. The molecule has 0 unspecified atom stereocenters. The van der Waals surface area contributed by atoms with E-state index >= 15 is 0 Å². The molecule has 1 aliphatic heterocycles. The third kappa shape index (κ3) is 33.6. The number of nitrogens with zero attached hydrogens (tertiary/aromatic N) is 6. The van der Waals surface area contributed by atoms with Gasteiger partial charge in [-0.25, -0.2) is 62.4 Å². The van der Waals surface area contributed by atoms with E-state index in [0.717, 1.165) is 32.5 Å². The molecule has 6 aromatic heterocycles. The normalized spacial score (nSPS) is 13.2. The molecule has 1 saturated heterocycles. The Morgan fingerprint density at radius 1 is 0.564 bits per heavy atom. The first-order valence-corrected chi connectivity index (χ1v) is 48.0. The fraction of sp³-hybridized carbons (Fsp3) is 0.403. The summed E-state index contributed by atoms with van der Waals surface area (Å²) in [7, 11) is -9.68. The van der Waals surface area contributed by atoms with E-state index < -0.39 is 94.3 Å². The van der Waals surface area contributed by atoms with Gasteiger partial charge in [0, 0.05) is 102 Å². The van der Waals surface area contributed by atoms with Crippen LogP contribution in [0.5, 0.6) is 5.88 Å². The van der Waals surface area contributed by atoms with Gasteiger partial charge in [0.1, 0.15) is 68.3 Å². The van der Waals surface area contributed by atoms with Gasteiger partial charge in [-0.15, -0.1) is 0 Å². The summed E-state index contributed by atoms with van der Waals surface area (Å²) in [5.74, 6) is -1.65. The van der Waals surface area contributed by atoms with Crippen LogP contribution in [0.1, 0.15) is 107 Å². The van der Waals surface area contributed by atoms with E-state index in [1.165, 1.54) is 66.5 Å². The van der Waals surface area contributed by atoms with Crippen molar-refractivity contribution in [2.75, 3.05) is 38.5 Å². The molecular formula is C72H86B2BrF3I6N6O16S3V-. The third-order valence-electron chi connectivity index (χ3n) is 15.1. The van der Waals surface area contributed by atoms with Crippen LogP contribution in [0.25, 0.3) is 55.2 Å². The Morgan fingerprint density at radius 3 is 1.30 bits per heavy atom. The van der Waals surface area contributed by atoms with Crippen LogP contribution in [-0.2, 0) is 90.8 Å². The fourth-order valence-corrected chi connectivity index (χ4v) is 12.2. The molecule has 22 nitrogen and oxygen atoms in total. The molecule has 0 bridgehead atoms. The van der Waals surface area contributed by atoms with Crippen molar-refractivity contribution in [2.45, 2.75) is 137 Å². The predicted molar refractivity (Wildman–Crippen MR) is 482 cm³/mol. The first-order chi connectivity index (χ1) is 50.2. The maximum Gasteiger partial charge on any atom is 0.570 e. The van der Waals surface area contributed by atoms with Crippen molar-refractivity contribution in [2.24, 2.45) is 0 Å². The van der Waals surface area contributed by atoms with Crippen molar-refractivity contribution in [3.8, 4) is 28.4 Å². The van der Waals surface area contributed by atoms with Crippen molar-refractivity contribution in [3.63, 3.8) is 0 Å². The van der Waals surface area contributed by atoms with E-state index in [2.05, 4.69) is 149 Å². The smallest absolute Gasteiger partial charge is 0.524 e. The number of benzene rings is 3. The summed E-state index contributed by atoms with van der Waals surface area (Å²) in [5.41, 5.74) is 2.85. The molecule has 0 amide bonds. The summed E-state index contributed by atoms with van der Waals surface area (Å²) < 4.78 is 150. The van der Waals surface area contributed by atoms with Crippen molar-refractivity contribution < 1.29 is 105 Å². The van der Waals surface area contributed by atoms with Crippen molar-refractivity contribution in [1.29, 1.82) is 0 Å². The maximum absolute atomic E-state index is 14.3. The Bertz CT molecular complexity index is 4970. The number of halogens is 10. The molecule has 2 radical (unpaired) electrons. The second-order valence-electron chi connectivity index (χ2n) is 28.2. The summed E-state index contributed by atoms with van der Waals surface area (Å²) in [6.45, 7) is 23.7. The first-order valence-electron chi connectivity index (χ1n) is 32.7. The summed E-state index contributed by atoms with van der Waals surface area (Å²) >= 11 is 16.7. The largest absolute Gasteiger partial charge is 0.570 e. The van der Waals surface area contributed by atoms with Crippen molar-refractivity contribution in [3.05, 3.63) is 166 Å². The Hall–Kier alpha value is -2.97. The number of fused-ring (bicyclic) bond motifs is 3. The Balaban J connectivity index is 0.000000372. The molecule has 38 heteroatoms. The molecule has 110 heavy (non-hydrogen) atoms. The van der Waals surface area contributed by atoms with E-state index in [9.17, 15) is 52.8 Å². The van der Waals surface area contributed by atoms with Crippen molar-refractivity contribution >= 4 is 252 Å². The zero-order valence-corrected chi connectivity index (χ0v) is 81.5. The second kappa shape index (κ2) is 44.0. The van der Waals surface area contributed by atoms with Gasteiger partial charge in [-0.1, -0.05) is 119 Å². The molecule has 10 rings (SSSR count). The Morgan fingerprint density at radius 2 is 0.909 bits per heavy atom. The van der Waals surface area contributed by atoms with Crippen LogP contribution in [0.15, 0.2) is 127 Å². The number of sulfone groups is 3. The van der Waals surface area contributed by atoms with Gasteiger partial charge in [0.05, 0.1) is 58.8 Å². The number of pyridine rings is 3. The molecule has 0 atom stereocenters. The van der Waals surface area contributed by atoms with Gasteiger partial charge in [0.15, 0.2) is 5.88 Å². The predicted octanol–water partition coefficient (Wildman–Crippen LogP) is 18.2. The average Bonchev–Trinajstić information content (AvgIpc) is 1.61. The van der Waals surface area contributed by atoms with Gasteiger partial charge in [0.2, 0.25) is 0 Å². The molecule has 600 valence electrons. The van der Waals surface area contributed by atoms with Crippen LogP contribution in [-0.4, -0.2) is 158 Å². The molecule has 1 aliphatic rings. The zero-order chi connectivity index (χ0) is 82.8. The van der Waals surface area contributed by atoms with E-state index in [1.807, 2.05) is 77.1 Å². The molecule has 0 saturated carbocycles. The number of ether oxygens (including phenoxy) is 3. The third-order valence-corrected chi connectivity index (χ3v) is 18.5. The number of aryl methyl sites for hydroxylation is 3. The van der Waals surface area contributed by atoms with E-state index in [1.54, 1.807) is 109 Å². The van der Waals surface area contributed by atoms with Crippen LogP contribution in [0.3, 0.4) is 0 Å². The maximum atomic E-state index is 14.3. The number of hydrogen-bond donors (Lipinski definition) is 1. The Labute approximate surface area is 745 Å². The molecule has 1 N–H and O–H groups in total. The monoisotopic (exact) mass is 2360 g/mol. The molecule has 0 spiro atoms. The summed E-state index contributed by atoms with van der Waals surface area (Å²) in [6, 6.07) is 23.1. The van der Waals surface area contributed by atoms with Crippen molar-refractivity contribution in [1.82, 2.24) is 28.7 Å². The molecule has 1 fully saturated rings. The van der Waals surface area contributed by atoms with E-state index in [0.29, 0.717) is 74.2 Å². The van der Waals surface area contributed by atoms with Crippen LogP contribution in [0.2, 0.25) is 0 Å². The number of aromatic nitrogens is 6. The summed E-state index contributed by atoms with van der Waals surface area (Å²) in [6.07, 6.45) is 10.3. The van der Waals surface area contributed by atoms with Crippen LogP contribution in [0, 0.1) is 22.4 Å². The Kier molecular flexibility index (Phi) is 40.5. The average molecular weight is 2360 g/mol. The second-order valence-corrected chi connectivity index (χ2v) is 51.1.